The van der Waals surface area contributed by atoms with Gasteiger partial charge in [0.25, 0.3) is 0 Å². The van der Waals surface area contributed by atoms with Gasteiger partial charge in [0.1, 0.15) is 0 Å². The van der Waals surface area contributed by atoms with Crippen LogP contribution in [0.1, 0.15) is 30.4 Å². The highest BCUT2D eigenvalue weighted by Crippen LogP contribution is 2.27. The number of nitrogens with one attached hydrogen (secondary N) is 1. The summed E-state index contributed by atoms with van der Waals surface area (Å²) >= 11 is 0. The van der Waals surface area contributed by atoms with Gasteiger partial charge in [0.05, 0.1) is 6.10 Å². The molecule has 104 valence electrons. The third-order valence-electron chi connectivity index (χ3n) is 4.60. The second-order valence-electron chi connectivity index (χ2n) is 5.83. The summed E-state index contributed by atoms with van der Waals surface area (Å²) < 4.78 is 5.53. The zero-order valence-electron chi connectivity index (χ0n) is 12.0. The maximum Gasteiger partial charge on any atom is 0.0724 e. The van der Waals surface area contributed by atoms with Crippen LogP contribution in [0.5, 0.6) is 0 Å². The minimum absolute atomic E-state index is 0.403. The van der Waals surface area contributed by atoms with Gasteiger partial charge in [0, 0.05) is 39.0 Å². The molecule has 2 unspecified atom stereocenters. The normalized spacial score (nSPS) is 25.9. The third-order valence-corrected chi connectivity index (χ3v) is 4.60. The molecule has 0 radical (unpaired) electrons. The summed E-state index contributed by atoms with van der Waals surface area (Å²) in [7, 11) is 4.00. The lowest BCUT2D eigenvalue weighted by Crippen LogP contribution is -2.36. The van der Waals surface area contributed by atoms with Gasteiger partial charge in [0.2, 0.25) is 0 Å². The van der Waals surface area contributed by atoms with Gasteiger partial charge in [-0.05, 0) is 42.9 Å². The lowest BCUT2D eigenvalue weighted by Gasteiger charge is -2.20. The molecule has 3 rings (SSSR count). The molecule has 0 bridgehead atoms. The Morgan fingerprint density at radius 1 is 1.37 bits per heavy atom. The first-order valence-corrected chi connectivity index (χ1v) is 7.37. The number of anilines is 1. The van der Waals surface area contributed by atoms with E-state index >= 15 is 0 Å². The van der Waals surface area contributed by atoms with Crippen molar-refractivity contribution in [2.75, 3.05) is 25.6 Å². The first-order valence-electron chi connectivity index (χ1n) is 7.37. The van der Waals surface area contributed by atoms with E-state index in [1.165, 1.54) is 42.5 Å². The molecule has 0 amide bonds. The Hall–Kier alpha value is -1.06. The minimum Gasteiger partial charge on any atom is -0.380 e. The second kappa shape index (κ2) is 5.51. The molecule has 0 spiro atoms. The zero-order valence-corrected chi connectivity index (χ0v) is 12.0. The van der Waals surface area contributed by atoms with Crippen LogP contribution in [0.15, 0.2) is 18.2 Å². The number of hydrogen-bond donors (Lipinski definition) is 1. The molecule has 2 atom stereocenters. The molecular formula is C16H24N2O. The Kier molecular flexibility index (Phi) is 3.76. The number of benzene rings is 1. The van der Waals surface area contributed by atoms with E-state index < -0.39 is 0 Å². The summed E-state index contributed by atoms with van der Waals surface area (Å²) in [5.41, 5.74) is 4.30. The maximum atomic E-state index is 5.53. The van der Waals surface area contributed by atoms with E-state index in [0.717, 1.165) is 13.1 Å². The Morgan fingerprint density at radius 2 is 2.26 bits per heavy atom. The highest BCUT2D eigenvalue weighted by Gasteiger charge is 2.26. The van der Waals surface area contributed by atoms with E-state index in [-0.39, 0.29) is 0 Å². The Bertz CT molecular complexity index is 446. The molecule has 1 aromatic rings. The highest BCUT2D eigenvalue weighted by atomic mass is 16.5. The standard InChI is InChI=1S/C16H24N2O/c1-18-9-8-13-10-12(6-7-15(13)18)11-17-14-4-3-5-16(14)19-2/h6-7,10,14,16-17H,3-5,8-9,11H2,1-2H3. The summed E-state index contributed by atoms with van der Waals surface area (Å²) in [6, 6.07) is 7.41. The van der Waals surface area contributed by atoms with Crippen LogP contribution < -0.4 is 10.2 Å². The minimum atomic E-state index is 0.403. The van der Waals surface area contributed by atoms with E-state index in [0.29, 0.717) is 12.1 Å². The first kappa shape index (κ1) is 12.9. The Labute approximate surface area is 115 Å². The van der Waals surface area contributed by atoms with Gasteiger partial charge in [-0.1, -0.05) is 12.1 Å². The predicted molar refractivity (Wildman–Crippen MR) is 78.7 cm³/mol. The van der Waals surface area contributed by atoms with Gasteiger partial charge in [-0.2, -0.15) is 0 Å². The van der Waals surface area contributed by atoms with E-state index in [1.807, 2.05) is 7.11 Å². The topological polar surface area (TPSA) is 24.5 Å². The Morgan fingerprint density at radius 3 is 3.11 bits per heavy atom. The molecule has 1 fully saturated rings. The zero-order chi connectivity index (χ0) is 13.2. The van der Waals surface area contributed by atoms with Crippen LogP contribution in [0.25, 0.3) is 0 Å². The van der Waals surface area contributed by atoms with Crippen LogP contribution in [0.4, 0.5) is 5.69 Å². The lowest BCUT2D eigenvalue weighted by molar-refractivity contribution is 0.0847. The largest absolute Gasteiger partial charge is 0.380 e. The molecule has 1 N–H and O–H groups in total. The van der Waals surface area contributed by atoms with Crippen molar-refractivity contribution in [1.82, 2.24) is 5.32 Å². The average molecular weight is 260 g/mol. The number of likely N-dealkylation sites (N-methyl/N-ethyl adjacent to an activating group) is 1. The van der Waals surface area contributed by atoms with Crippen molar-refractivity contribution < 1.29 is 4.74 Å². The SMILES string of the molecule is COC1CCCC1NCc1ccc2c(c1)CCN2C. The van der Waals surface area contributed by atoms with Crippen LogP contribution in [-0.2, 0) is 17.7 Å². The van der Waals surface area contributed by atoms with Crippen LogP contribution in [0.2, 0.25) is 0 Å². The number of fused-ring (bicyclic) bond motifs is 1. The van der Waals surface area contributed by atoms with E-state index in [1.54, 1.807) is 0 Å². The molecule has 19 heavy (non-hydrogen) atoms. The van der Waals surface area contributed by atoms with Crippen LogP contribution in [0, 0.1) is 0 Å². The van der Waals surface area contributed by atoms with Crippen molar-refractivity contribution >= 4 is 5.69 Å². The van der Waals surface area contributed by atoms with Crippen molar-refractivity contribution in [3.05, 3.63) is 29.3 Å². The second-order valence-corrected chi connectivity index (χ2v) is 5.83. The smallest absolute Gasteiger partial charge is 0.0724 e. The Balaban J connectivity index is 1.61. The predicted octanol–water partition coefficient (Wildman–Crippen LogP) is 2.34. The first-order chi connectivity index (χ1) is 9.28. The van der Waals surface area contributed by atoms with Crippen molar-refractivity contribution in [3.8, 4) is 0 Å². The van der Waals surface area contributed by atoms with Gasteiger partial charge in [-0.25, -0.2) is 0 Å². The van der Waals surface area contributed by atoms with Crippen LogP contribution in [0.3, 0.4) is 0 Å². The highest BCUT2D eigenvalue weighted by molar-refractivity contribution is 5.58. The number of methoxy groups -OCH3 is 1. The lowest BCUT2D eigenvalue weighted by atomic mass is 10.1. The fraction of sp³-hybridized carbons (Fsp3) is 0.625. The number of ether oxygens (including phenoxy) is 1. The molecular weight excluding hydrogens is 236 g/mol. The molecule has 3 nitrogen and oxygen atoms in total. The summed E-state index contributed by atoms with van der Waals surface area (Å²) in [4.78, 5) is 2.34. The molecule has 2 aliphatic rings. The van der Waals surface area contributed by atoms with Crippen molar-refractivity contribution in [1.29, 1.82) is 0 Å². The molecule has 1 heterocycles. The average Bonchev–Trinajstić information content (AvgIpc) is 3.03. The fourth-order valence-electron chi connectivity index (χ4n) is 3.42. The van der Waals surface area contributed by atoms with Gasteiger partial charge in [-0.15, -0.1) is 0 Å². The molecule has 1 aliphatic heterocycles. The summed E-state index contributed by atoms with van der Waals surface area (Å²) in [6.45, 7) is 2.11. The van der Waals surface area contributed by atoms with E-state index in [9.17, 15) is 0 Å². The molecule has 1 saturated carbocycles. The summed E-state index contributed by atoms with van der Waals surface area (Å²) in [5, 5.41) is 3.66. The number of rotatable bonds is 4. The molecule has 1 aliphatic carbocycles. The monoisotopic (exact) mass is 260 g/mol. The molecule has 0 saturated heterocycles. The van der Waals surface area contributed by atoms with Crippen LogP contribution in [-0.4, -0.2) is 32.8 Å². The maximum absolute atomic E-state index is 5.53. The van der Waals surface area contributed by atoms with Crippen molar-refractivity contribution in [3.63, 3.8) is 0 Å². The van der Waals surface area contributed by atoms with E-state index in [4.69, 9.17) is 4.74 Å². The number of nitrogens with zero attached hydrogens (tertiary/aromatic N) is 1. The van der Waals surface area contributed by atoms with Gasteiger partial charge in [0.15, 0.2) is 0 Å². The molecule has 1 aromatic carbocycles. The third kappa shape index (κ3) is 2.63. The van der Waals surface area contributed by atoms with Crippen LogP contribution >= 0.6 is 0 Å². The van der Waals surface area contributed by atoms with Gasteiger partial charge < -0.3 is 15.0 Å². The van der Waals surface area contributed by atoms with Crippen molar-refractivity contribution in [2.45, 2.75) is 44.4 Å². The summed E-state index contributed by atoms with van der Waals surface area (Å²) in [5.74, 6) is 0. The summed E-state index contributed by atoms with van der Waals surface area (Å²) in [6.07, 6.45) is 5.31. The fourth-order valence-corrected chi connectivity index (χ4v) is 3.42. The number of hydrogen-bond acceptors (Lipinski definition) is 3. The quantitative estimate of drug-likeness (QED) is 0.899. The van der Waals surface area contributed by atoms with Crippen molar-refractivity contribution in [2.24, 2.45) is 0 Å². The molecule has 3 heteroatoms. The van der Waals surface area contributed by atoms with Gasteiger partial charge >= 0.3 is 0 Å². The van der Waals surface area contributed by atoms with E-state index in [2.05, 4.69) is 35.5 Å². The molecule has 0 aromatic heterocycles. The van der Waals surface area contributed by atoms with Gasteiger partial charge in [-0.3, -0.25) is 0 Å².